The fourth-order valence-electron chi connectivity index (χ4n) is 2.82. The summed E-state index contributed by atoms with van der Waals surface area (Å²) in [6, 6.07) is 6.15. The molecule has 0 spiro atoms. The zero-order valence-electron chi connectivity index (χ0n) is 14.5. The molecule has 0 aromatic heterocycles. The average Bonchev–Trinajstić information content (AvgIpc) is 3.40. The lowest BCUT2D eigenvalue weighted by atomic mass is 10.1. The maximum atomic E-state index is 12.3. The number of piperazine rings is 1. The lowest BCUT2D eigenvalue weighted by Gasteiger charge is -2.33. The van der Waals surface area contributed by atoms with E-state index in [9.17, 15) is 9.59 Å². The summed E-state index contributed by atoms with van der Waals surface area (Å²) in [5.74, 6) is 0.0946. The van der Waals surface area contributed by atoms with E-state index in [2.05, 4.69) is 10.2 Å². The Balaban J connectivity index is 1.45. The molecule has 0 radical (unpaired) electrons. The minimum Gasteiger partial charge on any atom is -0.352 e. The van der Waals surface area contributed by atoms with Gasteiger partial charge in [-0.1, -0.05) is 23.7 Å². The summed E-state index contributed by atoms with van der Waals surface area (Å²) in [6.07, 6.45) is 5.60. The number of carbonyl (C=O) groups is 2. The SMILES string of the molecule is Cc1ccc(C=CC(=O)N2CCN(CC(=O)NC3CC3)CC2)cc1Cl. The maximum absolute atomic E-state index is 12.3. The summed E-state index contributed by atoms with van der Waals surface area (Å²) in [4.78, 5) is 28.1. The predicted molar refractivity (Wildman–Crippen MR) is 99.4 cm³/mol. The van der Waals surface area contributed by atoms with Crippen molar-refractivity contribution in [1.29, 1.82) is 0 Å². The van der Waals surface area contributed by atoms with Crippen molar-refractivity contribution in [3.63, 3.8) is 0 Å². The highest BCUT2D eigenvalue weighted by Crippen LogP contribution is 2.19. The number of hydrogen-bond donors (Lipinski definition) is 1. The molecule has 0 unspecified atom stereocenters. The Morgan fingerprint density at radius 2 is 1.96 bits per heavy atom. The van der Waals surface area contributed by atoms with E-state index in [4.69, 9.17) is 11.6 Å². The van der Waals surface area contributed by atoms with Crippen molar-refractivity contribution in [1.82, 2.24) is 15.1 Å². The normalized spacial score (nSPS) is 18.6. The molecule has 1 aliphatic carbocycles. The minimum atomic E-state index is -0.00113. The first-order valence-corrected chi connectivity index (χ1v) is 9.14. The monoisotopic (exact) mass is 361 g/mol. The quantitative estimate of drug-likeness (QED) is 0.817. The second-order valence-corrected chi connectivity index (χ2v) is 7.19. The number of nitrogens with zero attached hydrogens (tertiary/aromatic N) is 2. The van der Waals surface area contributed by atoms with Gasteiger partial charge in [-0.25, -0.2) is 0 Å². The van der Waals surface area contributed by atoms with Crippen molar-refractivity contribution in [3.05, 3.63) is 40.4 Å². The van der Waals surface area contributed by atoms with E-state index in [1.807, 2.05) is 30.0 Å². The third-order valence-corrected chi connectivity index (χ3v) is 5.02. The molecule has 2 fully saturated rings. The molecule has 1 heterocycles. The van der Waals surface area contributed by atoms with Crippen LogP contribution < -0.4 is 5.32 Å². The molecule has 134 valence electrons. The molecule has 1 aromatic carbocycles. The molecule has 0 bridgehead atoms. The Morgan fingerprint density at radius 1 is 1.24 bits per heavy atom. The lowest BCUT2D eigenvalue weighted by molar-refractivity contribution is -0.128. The van der Waals surface area contributed by atoms with Crippen molar-refractivity contribution in [2.75, 3.05) is 32.7 Å². The van der Waals surface area contributed by atoms with Gasteiger partial charge < -0.3 is 10.2 Å². The largest absolute Gasteiger partial charge is 0.352 e. The van der Waals surface area contributed by atoms with Crippen LogP contribution in [0.1, 0.15) is 24.0 Å². The summed E-state index contributed by atoms with van der Waals surface area (Å²) in [5.41, 5.74) is 1.94. The topological polar surface area (TPSA) is 52.7 Å². The van der Waals surface area contributed by atoms with Crippen molar-refractivity contribution in [2.45, 2.75) is 25.8 Å². The first kappa shape index (κ1) is 18.0. The molecule has 1 N–H and O–H groups in total. The van der Waals surface area contributed by atoms with E-state index in [0.29, 0.717) is 30.7 Å². The van der Waals surface area contributed by atoms with Gasteiger partial charge in [0.05, 0.1) is 6.54 Å². The van der Waals surface area contributed by atoms with Gasteiger partial charge in [-0.2, -0.15) is 0 Å². The van der Waals surface area contributed by atoms with Crippen molar-refractivity contribution in [3.8, 4) is 0 Å². The molecule has 2 aliphatic rings. The van der Waals surface area contributed by atoms with E-state index < -0.39 is 0 Å². The zero-order chi connectivity index (χ0) is 17.8. The molecular formula is C19H24ClN3O2. The van der Waals surface area contributed by atoms with Crippen LogP contribution in [-0.4, -0.2) is 60.4 Å². The van der Waals surface area contributed by atoms with Gasteiger partial charge >= 0.3 is 0 Å². The van der Waals surface area contributed by atoms with Gasteiger partial charge in [0.25, 0.3) is 0 Å². The summed E-state index contributed by atoms with van der Waals surface area (Å²) < 4.78 is 0. The van der Waals surface area contributed by atoms with E-state index in [1.54, 1.807) is 12.2 Å². The van der Waals surface area contributed by atoms with Crippen LogP contribution in [0.2, 0.25) is 5.02 Å². The summed E-state index contributed by atoms with van der Waals surface area (Å²) in [6.45, 7) is 5.13. The van der Waals surface area contributed by atoms with Crippen LogP contribution in [0.4, 0.5) is 0 Å². The number of carbonyl (C=O) groups excluding carboxylic acids is 2. The van der Waals surface area contributed by atoms with Crippen molar-refractivity contribution in [2.24, 2.45) is 0 Å². The van der Waals surface area contributed by atoms with Gasteiger partial charge in [0.15, 0.2) is 0 Å². The standard InChI is InChI=1S/C19H24ClN3O2/c1-14-2-3-15(12-17(14)20)4-7-19(25)23-10-8-22(9-11-23)13-18(24)21-16-5-6-16/h2-4,7,12,16H,5-6,8-11,13H2,1H3,(H,21,24). The molecule has 0 atom stereocenters. The fourth-order valence-corrected chi connectivity index (χ4v) is 3.01. The molecule has 1 saturated carbocycles. The van der Waals surface area contributed by atoms with Crippen LogP contribution in [0.15, 0.2) is 24.3 Å². The Hall–Kier alpha value is -1.85. The van der Waals surface area contributed by atoms with Gasteiger partial charge in [0, 0.05) is 43.3 Å². The lowest BCUT2D eigenvalue weighted by Crippen LogP contribution is -2.51. The maximum Gasteiger partial charge on any atom is 0.246 e. The highest BCUT2D eigenvalue weighted by atomic mass is 35.5. The smallest absolute Gasteiger partial charge is 0.246 e. The van der Waals surface area contributed by atoms with Crippen molar-refractivity contribution < 1.29 is 9.59 Å². The van der Waals surface area contributed by atoms with Gasteiger partial charge in [-0.15, -0.1) is 0 Å². The first-order chi connectivity index (χ1) is 12.0. The second-order valence-electron chi connectivity index (χ2n) is 6.79. The van der Waals surface area contributed by atoms with Crippen LogP contribution in [0.5, 0.6) is 0 Å². The minimum absolute atomic E-state index is 0.00113. The Kier molecular flexibility index (Phi) is 5.76. The number of hydrogen-bond acceptors (Lipinski definition) is 3. The molecule has 6 heteroatoms. The van der Waals surface area contributed by atoms with E-state index in [0.717, 1.165) is 37.1 Å². The number of benzene rings is 1. The molecule has 25 heavy (non-hydrogen) atoms. The second kappa shape index (κ2) is 8.02. The van der Waals surface area contributed by atoms with Crippen molar-refractivity contribution >= 4 is 29.5 Å². The third-order valence-electron chi connectivity index (χ3n) is 4.61. The van der Waals surface area contributed by atoms with Gasteiger partial charge in [0.1, 0.15) is 0 Å². The van der Waals surface area contributed by atoms with Crippen LogP contribution in [0.3, 0.4) is 0 Å². The highest BCUT2D eigenvalue weighted by Gasteiger charge is 2.25. The van der Waals surface area contributed by atoms with Gasteiger partial charge in [-0.05, 0) is 43.0 Å². The molecular weight excluding hydrogens is 338 g/mol. The number of nitrogens with one attached hydrogen (secondary N) is 1. The summed E-state index contributed by atoms with van der Waals surface area (Å²) in [5, 5.41) is 3.70. The summed E-state index contributed by atoms with van der Waals surface area (Å²) in [7, 11) is 0. The van der Waals surface area contributed by atoms with E-state index in [-0.39, 0.29) is 11.8 Å². The molecule has 5 nitrogen and oxygen atoms in total. The number of amides is 2. The molecule has 1 aromatic rings. The molecule has 1 saturated heterocycles. The molecule has 3 rings (SSSR count). The third kappa shape index (κ3) is 5.31. The number of aryl methyl sites for hydroxylation is 1. The average molecular weight is 362 g/mol. The van der Waals surface area contributed by atoms with Crippen LogP contribution in [0.25, 0.3) is 6.08 Å². The van der Waals surface area contributed by atoms with Crippen LogP contribution in [-0.2, 0) is 9.59 Å². The number of halogens is 1. The van der Waals surface area contributed by atoms with Gasteiger partial charge in [0.2, 0.25) is 11.8 Å². The summed E-state index contributed by atoms with van der Waals surface area (Å²) >= 11 is 6.10. The highest BCUT2D eigenvalue weighted by molar-refractivity contribution is 6.31. The first-order valence-electron chi connectivity index (χ1n) is 8.76. The molecule has 1 aliphatic heterocycles. The number of rotatable bonds is 5. The van der Waals surface area contributed by atoms with E-state index >= 15 is 0 Å². The van der Waals surface area contributed by atoms with Gasteiger partial charge in [-0.3, -0.25) is 14.5 Å². The van der Waals surface area contributed by atoms with Crippen LogP contribution in [0, 0.1) is 6.92 Å². The Labute approximate surface area is 153 Å². The molecule has 2 amide bonds. The Morgan fingerprint density at radius 3 is 2.60 bits per heavy atom. The van der Waals surface area contributed by atoms with Crippen LogP contribution >= 0.6 is 11.6 Å². The zero-order valence-corrected chi connectivity index (χ0v) is 15.3. The fraction of sp³-hybridized carbons (Fsp3) is 0.474. The van der Waals surface area contributed by atoms with E-state index in [1.165, 1.54) is 0 Å². The predicted octanol–water partition coefficient (Wildman–Crippen LogP) is 2.08. The Bertz CT molecular complexity index is 677.